The first-order chi connectivity index (χ1) is 9.43. The van der Waals surface area contributed by atoms with Gasteiger partial charge in [-0.15, -0.1) is 0 Å². The van der Waals surface area contributed by atoms with Gasteiger partial charge in [-0.05, 0) is 31.4 Å². The largest absolute Gasteiger partial charge is 0.350 e. The summed E-state index contributed by atoms with van der Waals surface area (Å²) in [5.74, 6) is 0.248. The summed E-state index contributed by atoms with van der Waals surface area (Å²) in [6.07, 6.45) is 1.15. The molecule has 1 aromatic rings. The molecule has 1 rings (SSSR count). The molecule has 0 heterocycles. The van der Waals surface area contributed by atoms with E-state index in [9.17, 15) is 14.9 Å². The Morgan fingerprint density at radius 3 is 2.75 bits per heavy atom. The van der Waals surface area contributed by atoms with E-state index in [1.165, 1.54) is 12.1 Å². The van der Waals surface area contributed by atoms with Crippen LogP contribution in [-0.4, -0.2) is 17.4 Å². The molecule has 0 saturated carbocycles. The zero-order valence-corrected chi connectivity index (χ0v) is 11.8. The van der Waals surface area contributed by atoms with E-state index >= 15 is 0 Å². The van der Waals surface area contributed by atoms with Crippen molar-refractivity contribution in [3.05, 3.63) is 39.9 Å². The van der Waals surface area contributed by atoms with Crippen LogP contribution in [0.25, 0.3) is 0 Å². The minimum atomic E-state index is -0.443. The summed E-state index contributed by atoms with van der Waals surface area (Å²) < 4.78 is 0. The van der Waals surface area contributed by atoms with Crippen molar-refractivity contribution in [1.29, 1.82) is 0 Å². The number of carbonyl (C=O) groups is 1. The number of hydrogen-bond donors (Lipinski definition) is 2. The lowest BCUT2D eigenvalue weighted by Crippen LogP contribution is -2.27. The van der Waals surface area contributed by atoms with Gasteiger partial charge in [0, 0.05) is 18.6 Å². The summed E-state index contributed by atoms with van der Waals surface area (Å²) >= 11 is 0. The quantitative estimate of drug-likeness (QED) is 0.590. The Morgan fingerprint density at radius 2 is 2.15 bits per heavy atom. The molecule has 0 radical (unpaired) electrons. The van der Waals surface area contributed by atoms with Gasteiger partial charge >= 0.3 is 0 Å². The highest BCUT2D eigenvalue weighted by Crippen LogP contribution is 2.19. The maximum absolute atomic E-state index is 11.8. The molecular formula is C14H21N3O3. The predicted molar refractivity (Wildman–Crippen MR) is 77.1 cm³/mol. The van der Waals surface area contributed by atoms with Gasteiger partial charge in [0.05, 0.1) is 11.0 Å². The lowest BCUT2D eigenvalue weighted by molar-refractivity contribution is -0.384. The number of benzene rings is 1. The predicted octanol–water partition coefficient (Wildman–Crippen LogP) is 2.15. The molecule has 3 N–H and O–H groups in total. The summed E-state index contributed by atoms with van der Waals surface area (Å²) in [6.45, 7) is 4.37. The fourth-order valence-electron chi connectivity index (χ4n) is 1.80. The smallest absolute Gasteiger partial charge is 0.269 e. The summed E-state index contributed by atoms with van der Waals surface area (Å²) in [7, 11) is 0. The van der Waals surface area contributed by atoms with Crippen molar-refractivity contribution in [2.75, 3.05) is 6.54 Å². The monoisotopic (exact) mass is 279 g/mol. The van der Waals surface area contributed by atoms with Crippen molar-refractivity contribution in [2.45, 2.75) is 32.7 Å². The van der Waals surface area contributed by atoms with E-state index in [1.807, 2.05) is 13.8 Å². The molecule has 110 valence electrons. The maximum atomic E-state index is 11.8. The number of nitrogens with zero attached hydrogens (tertiary/aromatic N) is 1. The standard InChI is InChI=1S/C14H21N3O3/c1-10(9-15)6-7-14(18)16-11(2)12-4-3-5-13(8-12)17(19)20/h3-5,8,10-11H,6-7,9,15H2,1-2H3,(H,16,18). The van der Waals surface area contributed by atoms with Gasteiger partial charge in [-0.3, -0.25) is 14.9 Å². The molecule has 1 amide bonds. The van der Waals surface area contributed by atoms with Crippen molar-refractivity contribution in [2.24, 2.45) is 11.7 Å². The highest BCUT2D eigenvalue weighted by Gasteiger charge is 2.13. The van der Waals surface area contributed by atoms with Crippen molar-refractivity contribution in [3.63, 3.8) is 0 Å². The third-order valence-electron chi connectivity index (χ3n) is 3.23. The summed E-state index contributed by atoms with van der Waals surface area (Å²) in [5, 5.41) is 13.6. The molecule has 1 aromatic carbocycles. The lowest BCUT2D eigenvalue weighted by atomic mass is 10.0. The maximum Gasteiger partial charge on any atom is 0.269 e. The van der Waals surface area contributed by atoms with Crippen molar-refractivity contribution < 1.29 is 9.72 Å². The molecule has 2 atom stereocenters. The van der Waals surface area contributed by atoms with Gasteiger partial charge in [-0.1, -0.05) is 19.1 Å². The molecule has 0 aromatic heterocycles. The summed E-state index contributed by atoms with van der Waals surface area (Å²) in [5.41, 5.74) is 6.25. The third-order valence-corrected chi connectivity index (χ3v) is 3.23. The molecule has 0 bridgehead atoms. The normalized spacial score (nSPS) is 13.6. The number of nitrogens with two attached hydrogens (primary N) is 1. The molecule has 0 fully saturated rings. The van der Waals surface area contributed by atoms with E-state index in [1.54, 1.807) is 12.1 Å². The fourth-order valence-corrected chi connectivity index (χ4v) is 1.80. The van der Waals surface area contributed by atoms with E-state index < -0.39 is 4.92 Å². The van der Waals surface area contributed by atoms with Gasteiger partial charge in [0.2, 0.25) is 5.91 Å². The van der Waals surface area contributed by atoms with Gasteiger partial charge in [0.25, 0.3) is 5.69 Å². The SMILES string of the molecule is CC(CN)CCC(=O)NC(C)c1cccc([N+](=O)[O-])c1. The number of nitro groups is 1. The Labute approximate surface area is 118 Å². The average molecular weight is 279 g/mol. The van der Waals surface area contributed by atoms with E-state index in [2.05, 4.69) is 5.32 Å². The van der Waals surface area contributed by atoms with Gasteiger partial charge in [-0.2, -0.15) is 0 Å². The van der Waals surface area contributed by atoms with Gasteiger partial charge in [-0.25, -0.2) is 0 Å². The number of rotatable bonds is 7. The topological polar surface area (TPSA) is 98.3 Å². The Balaban J connectivity index is 2.57. The second-order valence-electron chi connectivity index (χ2n) is 5.02. The van der Waals surface area contributed by atoms with Crippen LogP contribution in [0.4, 0.5) is 5.69 Å². The van der Waals surface area contributed by atoms with Gasteiger partial charge in [0.15, 0.2) is 0 Å². The third kappa shape index (κ3) is 4.97. The average Bonchev–Trinajstić information content (AvgIpc) is 2.44. The van der Waals surface area contributed by atoms with Gasteiger partial charge in [0.1, 0.15) is 0 Å². The highest BCUT2D eigenvalue weighted by atomic mass is 16.6. The van der Waals surface area contributed by atoms with E-state index in [4.69, 9.17) is 5.73 Å². The summed E-state index contributed by atoms with van der Waals surface area (Å²) in [4.78, 5) is 22.1. The fraction of sp³-hybridized carbons (Fsp3) is 0.500. The van der Waals surface area contributed by atoms with Crippen LogP contribution in [0.15, 0.2) is 24.3 Å². The van der Waals surface area contributed by atoms with Crippen LogP contribution in [0.2, 0.25) is 0 Å². The number of carbonyl (C=O) groups excluding carboxylic acids is 1. The van der Waals surface area contributed by atoms with Crippen molar-refractivity contribution in [3.8, 4) is 0 Å². The Hall–Kier alpha value is -1.95. The zero-order valence-electron chi connectivity index (χ0n) is 11.8. The molecule has 0 spiro atoms. The van der Waals surface area contributed by atoms with Crippen LogP contribution in [-0.2, 0) is 4.79 Å². The first-order valence-electron chi connectivity index (χ1n) is 6.67. The molecule has 0 aliphatic heterocycles. The van der Waals surface area contributed by atoms with Gasteiger partial charge < -0.3 is 11.1 Å². The Bertz CT molecular complexity index is 476. The minimum Gasteiger partial charge on any atom is -0.350 e. The van der Waals surface area contributed by atoms with Crippen LogP contribution >= 0.6 is 0 Å². The molecule has 20 heavy (non-hydrogen) atoms. The van der Waals surface area contributed by atoms with Crippen LogP contribution in [0, 0.1) is 16.0 Å². The van der Waals surface area contributed by atoms with E-state index in [0.29, 0.717) is 18.9 Å². The van der Waals surface area contributed by atoms with Crippen LogP contribution < -0.4 is 11.1 Å². The molecule has 0 aliphatic carbocycles. The van der Waals surface area contributed by atoms with E-state index in [0.717, 1.165) is 12.0 Å². The minimum absolute atomic E-state index is 0.0281. The lowest BCUT2D eigenvalue weighted by Gasteiger charge is -2.15. The Kier molecular flexibility index (Phi) is 6.11. The Morgan fingerprint density at radius 1 is 1.45 bits per heavy atom. The molecule has 6 heteroatoms. The highest BCUT2D eigenvalue weighted by molar-refractivity contribution is 5.76. The van der Waals surface area contributed by atoms with E-state index in [-0.39, 0.29) is 17.6 Å². The zero-order chi connectivity index (χ0) is 15.1. The van der Waals surface area contributed by atoms with Crippen LogP contribution in [0.1, 0.15) is 38.3 Å². The first kappa shape index (κ1) is 16.1. The molecule has 6 nitrogen and oxygen atoms in total. The number of nitrogens with one attached hydrogen (secondary N) is 1. The molecule has 0 aliphatic rings. The molecular weight excluding hydrogens is 258 g/mol. The number of hydrogen-bond acceptors (Lipinski definition) is 4. The van der Waals surface area contributed by atoms with Crippen molar-refractivity contribution in [1.82, 2.24) is 5.32 Å². The number of non-ortho nitro benzene ring substituents is 1. The number of amides is 1. The summed E-state index contributed by atoms with van der Waals surface area (Å²) in [6, 6.07) is 6.04. The van der Waals surface area contributed by atoms with Crippen LogP contribution in [0.3, 0.4) is 0 Å². The second kappa shape index (κ2) is 7.59. The second-order valence-corrected chi connectivity index (χ2v) is 5.02. The van der Waals surface area contributed by atoms with Crippen molar-refractivity contribution >= 4 is 11.6 Å². The molecule has 2 unspecified atom stereocenters. The molecule has 0 saturated heterocycles. The van der Waals surface area contributed by atoms with Crippen LogP contribution in [0.5, 0.6) is 0 Å². The number of nitro benzene ring substituents is 1. The first-order valence-corrected chi connectivity index (χ1v) is 6.67.